The number of nitrogens with zero attached hydrogens (tertiary/aromatic N) is 3. The zero-order valence-corrected chi connectivity index (χ0v) is 30.3. The number of aldehydes is 1. The lowest BCUT2D eigenvalue weighted by molar-refractivity contribution is -0.109. The van der Waals surface area contributed by atoms with Crippen molar-refractivity contribution in [1.82, 2.24) is 25.2 Å². The number of nitrogens with one attached hydrogen (secondary N) is 2. The topological polar surface area (TPSA) is 154 Å². The van der Waals surface area contributed by atoms with Crippen molar-refractivity contribution in [3.8, 4) is 0 Å². The number of thiophene rings is 1. The van der Waals surface area contributed by atoms with E-state index < -0.39 is 19.5 Å². The third-order valence-electron chi connectivity index (χ3n) is 7.12. The van der Waals surface area contributed by atoms with Crippen LogP contribution in [0.25, 0.3) is 21.3 Å². The number of carbonyl (C=O) groups is 3. The summed E-state index contributed by atoms with van der Waals surface area (Å²) in [6.07, 6.45) is 13.3. The van der Waals surface area contributed by atoms with Gasteiger partial charge in [-0.15, -0.1) is 11.3 Å². The van der Waals surface area contributed by atoms with E-state index in [1.165, 1.54) is 63.7 Å². The van der Waals surface area contributed by atoms with E-state index in [9.17, 15) is 23.7 Å². The molecule has 0 aliphatic carbocycles. The van der Waals surface area contributed by atoms with E-state index in [1.54, 1.807) is 36.8 Å². The van der Waals surface area contributed by atoms with Crippen LogP contribution in [-0.4, -0.2) is 70.2 Å². The first-order valence-electron chi connectivity index (χ1n) is 16.0. The molecule has 4 aromatic rings. The number of imidazole rings is 1. The zero-order chi connectivity index (χ0) is 35.2. The molecule has 1 aliphatic rings. The molecule has 1 aliphatic heterocycles. The van der Waals surface area contributed by atoms with Crippen LogP contribution in [0.5, 0.6) is 0 Å². The van der Waals surface area contributed by atoms with Crippen molar-refractivity contribution in [3.05, 3.63) is 58.9 Å². The molecule has 1 aromatic carbocycles. The molecular weight excluding hydrogens is 638 g/mol. The first-order valence-corrected chi connectivity index (χ1v) is 18.5. The summed E-state index contributed by atoms with van der Waals surface area (Å²) in [5.41, 5.74) is 8.14. The standard InChI is InChI=1S/C12H13FNO2PS.C8H8N4O.C5H11N.C5H10O.C4H10/c1-12(13,17(2)16)8-3-4-9-7(5-8)6-10(18-9)11(14)15;13-5-9-2-6-1-7-8(10-3-6)12-4-11-7;1-6-4-2-3-5-6;1-2-3-4-5-6;1-3-4-2/h3-6,16H,1-2H3,(H2,14,15);1,3-5H,2H2,(H,9,13)(H,10,11,12);2-5H2,1H3;5H,2-4H2,1H3;3-4H2,1-2H3. The highest BCUT2D eigenvalue weighted by molar-refractivity contribution is 7.51. The van der Waals surface area contributed by atoms with E-state index in [1.807, 2.05) is 6.07 Å². The van der Waals surface area contributed by atoms with Crippen molar-refractivity contribution in [2.24, 2.45) is 5.73 Å². The van der Waals surface area contributed by atoms with E-state index >= 15 is 0 Å². The van der Waals surface area contributed by atoms with Gasteiger partial charge in [-0.2, -0.15) is 0 Å². The van der Waals surface area contributed by atoms with Crippen LogP contribution in [0, 0.1) is 0 Å². The number of H-pyrrole nitrogens is 1. The molecule has 10 nitrogen and oxygen atoms in total. The minimum Gasteiger partial charge on any atom is -0.370 e. The number of rotatable bonds is 10. The van der Waals surface area contributed by atoms with Gasteiger partial charge in [0.15, 0.2) is 11.1 Å². The third kappa shape index (κ3) is 15.4. The number of alkyl halides is 1. The van der Waals surface area contributed by atoms with Crippen molar-refractivity contribution in [2.75, 3.05) is 26.8 Å². The minimum absolute atomic E-state index is 0.417. The van der Waals surface area contributed by atoms with Crippen LogP contribution in [0.3, 0.4) is 0 Å². The normalized spacial score (nSPS) is 14.0. The fraction of sp³-hybridized carbons (Fsp3) is 0.500. The number of aromatic amines is 1. The maximum atomic E-state index is 14.3. The number of hydrogen-bond acceptors (Lipinski definition) is 8. The van der Waals surface area contributed by atoms with Crippen molar-refractivity contribution in [2.45, 2.75) is 84.6 Å². The second-order valence-electron chi connectivity index (χ2n) is 11.1. The van der Waals surface area contributed by atoms with E-state index in [0.717, 1.165) is 46.7 Å². The Balaban J connectivity index is 0.000000330. The molecule has 4 heterocycles. The molecule has 0 saturated carbocycles. The second kappa shape index (κ2) is 23.1. The number of aromatic nitrogens is 3. The molecule has 2 unspecified atom stereocenters. The fourth-order valence-corrected chi connectivity index (χ4v) is 5.34. The van der Waals surface area contributed by atoms with Crippen LogP contribution in [0.2, 0.25) is 0 Å². The average Bonchev–Trinajstić information content (AvgIpc) is 3.84. The maximum absolute atomic E-state index is 14.3. The first-order chi connectivity index (χ1) is 22.4. The highest BCUT2D eigenvalue weighted by Crippen LogP contribution is 2.51. The number of fused-ring (bicyclic) bond motifs is 2. The lowest BCUT2D eigenvalue weighted by atomic mass is 10.1. The lowest BCUT2D eigenvalue weighted by Crippen LogP contribution is -2.11. The quantitative estimate of drug-likeness (QED) is 0.0776. The van der Waals surface area contributed by atoms with Crippen LogP contribution < -0.4 is 11.1 Å². The minimum atomic E-state index is -1.75. The van der Waals surface area contributed by atoms with Gasteiger partial charge in [0.05, 0.1) is 24.9 Å². The Morgan fingerprint density at radius 2 is 1.83 bits per heavy atom. The number of halogens is 1. The van der Waals surface area contributed by atoms with Crippen molar-refractivity contribution >= 4 is 59.3 Å². The number of primary amides is 1. The molecule has 1 fully saturated rings. The van der Waals surface area contributed by atoms with Gasteiger partial charge >= 0.3 is 0 Å². The average molecular weight is 691 g/mol. The highest BCUT2D eigenvalue weighted by Gasteiger charge is 2.32. The summed E-state index contributed by atoms with van der Waals surface area (Å²) >= 11 is 1.28. The van der Waals surface area contributed by atoms with E-state index in [-0.39, 0.29) is 0 Å². The zero-order valence-electron chi connectivity index (χ0n) is 28.6. The number of nitrogens with two attached hydrogens (primary N) is 1. The van der Waals surface area contributed by atoms with Crippen LogP contribution in [0.1, 0.15) is 93.4 Å². The Morgan fingerprint density at radius 1 is 1.15 bits per heavy atom. The Bertz CT molecular complexity index is 1470. The first kappa shape index (κ1) is 41.7. The van der Waals surface area contributed by atoms with Crippen LogP contribution in [0.15, 0.2) is 42.9 Å². The Hall–Kier alpha value is -3.31. The van der Waals surface area contributed by atoms with Crippen LogP contribution in [0.4, 0.5) is 4.39 Å². The van der Waals surface area contributed by atoms with Crippen LogP contribution in [-0.2, 0) is 21.5 Å². The third-order valence-corrected chi connectivity index (χ3v) is 9.72. The monoisotopic (exact) mass is 690 g/mol. The number of amides is 2. The summed E-state index contributed by atoms with van der Waals surface area (Å²) < 4.78 is 15.2. The van der Waals surface area contributed by atoms with E-state index in [2.05, 4.69) is 53.0 Å². The molecule has 47 heavy (non-hydrogen) atoms. The number of pyridine rings is 1. The smallest absolute Gasteiger partial charge is 0.258 e. The largest absolute Gasteiger partial charge is 0.370 e. The highest BCUT2D eigenvalue weighted by atomic mass is 32.1. The molecule has 1 saturated heterocycles. The van der Waals surface area contributed by atoms with Gasteiger partial charge in [-0.1, -0.05) is 46.1 Å². The summed E-state index contributed by atoms with van der Waals surface area (Å²) in [5.74, 6) is -0.485. The van der Waals surface area contributed by atoms with Gasteiger partial charge in [-0.25, -0.2) is 14.4 Å². The second-order valence-corrected chi connectivity index (χ2v) is 14.1. The summed E-state index contributed by atoms with van der Waals surface area (Å²) in [7, 11) is 0.438. The molecule has 0 bridgehead atoms. The Labute approximate surface area is 283 Å². The molecule has 5 rings (SSSR count). The number of likely N-dealkylation sites (tertiary alicyclic amines) is 1. The molecule has 0 spiro atoms. The summed E-state index contributed by atoms with van der Waals surface area (Å²) in [5, 5.41) is 1.59. The Morgan fingerprint density at radius 3 is 2.32 bits per heavy atom. The van der Waals surface area contributed by atoms with Gasteiger partial charge in [0.2, 0.25) is 6.41 Å². The van der Waals surface area contributed by atoms with Gasteiger partial charge < -0.3 is 30.6 Å². The molecule has 13 heteroatoms. The molecule has 2 amide bonds. The lowest BCUT2D eigenvalue weighted by Gasteiger charge is -2.23. The molecule has 5 N–H and O–H groups in total. The molecule has 0 radical (unpaired) electrons. The van der Waals surface area contributed by atoms with E-state index in [0.29, 0.717) is 29.0 Å². The van der Waals surface area contributed by atoms with Gasteiger partial charge in [0.25, 0.3) is 5.91 Å². The number of benzene rings is 1. The maximum Gasteiger partial charge on any atom is 0.258 e. The molecule has 3 aromatic heterocycles. The summed E-state index contributed by atoms with van der Waals surface area (Å²) in [6.45, 7) is 12.4. The van der Waals surface area contributed by atoms with Gasteiger partial charge in [0, 0.05) is 23.9 Å². The molecular formula is C34H52FN6O4PS. The van der Waals surface area contributed by atoms with Crippen molar-refractivity contribution in [3.63, 3.8) is 0 Å². The van der Waals surface area contributed by atoms with Gasteiger partial charge in [-0.05, 0) is 93.8 Å². The fourth-order valence-electron chi connectivity index (χ4n) is 3.93. The number of hydrogen-bond donors (Lipinski definition) is 4. The van der Waals surface area contributed by atoms with Gasteiger partial charge in [-0.3, -0.25) is 9.59 Å². The summed E-state index contributed by atoms with van der Waals surface area (Å²) in [6, 6.07) is 8.60. The van der Waals surface area contributed by atoms with Crippen molar-refractivity contribution in [1.29, 1.82) is 0 Å². The van der Waals surface area contributed by atoms with E-state index in [4.69, 9.17) is 5.73 Å². The van der Waals surface area contributed by atoms with Crippen LogP contribution >= 0.6 is 19.5 Å². The number of carbonyl (C=O) groups excluding carboxylic acids is 3. The molecule has 2 atom stereocenters. The summed E-state index contributed by atoms with van der Waals surface area (Å²) in [4.78, 5) is 54.0. The predicted octanol–water partition coefficient (Wildman–Crippen LogP) is 7.26. The predicted molar refractivity (Wildman–Crippen MR) is 194 cm³/mol. The SMILES string of the molecule is CCCC.CCCCC=O.CN1CCCC1.CP(O)C(C)(F)c1ccc2sc(C(N)=O)cc2c1.O=CNCc1cnc2nc[nH]c2c1. The molecule has 260 valence electrons. The van der Waals surface area contributed by atoms with Gasteiger partial charge in [0.1, 0.15) is 6.29 Å². The number of unbranched alkanes of at least 4 members (excludes halogenated alkanes) is 3. The van der Waals surface area contributed by atoms with Crippen molar-refractivity contribution < 1.29 is 23.7 Å². The Kier molecular flexibility index (Phi) is 20.5.